The van der Waals surface area contributed by atoms with Gasteiger partial charge >= 0.3 is 0 Å². The van der Waals surface area contributed by atoms with Gasteiger partial charge in [-0.05, 0) is 61.7 Å². The maximum atomic E-state index is 6.28. The Balaban J connectivity index is 1.90. The lowest BCUT2D eigenvalue weighted by atomic mass is 10.0. The quantitative estimate of drug-likeness (QED) is 0.691. The van der Waals surface area contributed by atoms with Gasteiger partial charge in [-0.2, -0.15) is 5.10 Å². The van der Waals surface area contributed by atoms with Crippen molar-refractivity contribution in [3.05, 3.63) is 53.1 Å². The molecule has 1 N–H and O–H groups in total. The lowest BCUT2D eigenvalue weighted by molar-refractivity contribution is 0.414. The van der Waals surface area contributed by atoms with Crippen molar-refractivity contribution in [1.82, 2.24) is 9.78 Å². The van der Waals surface area contributed by atoms with E-state index in [-0.39, 0.29) is 0 Å². The molecule has 0 aliphatic carbocycles. The number of halogens is 1. The number of ether oxygens (including phenoxy) is 2. The van der Waals surface area contributed by atoms with Crippen molar-refractivity contribution >= 4 is 17.4 Å². The van der Waals surface area contributed by atoms with Crippen molar-refractivity contribution in [2.24, 2.45) is 0 Å². The first-order valence-electron chi connectivity index (χ1n) is 9.05. The minimum Gasteiger partial charge on any atom is -0.497 e. The molecule has 4 rings (SSSR count). The normalized spacial score (nSPS) is 13.4. The van der Waals surface area contributed by atoms with Crippen LogP contribution in [0.15, 0.2) is 42.5 Å². The van der Waals surface area contributed by atoms with Gasteiger partial charge in [0.15, 0.2) is 0 Å². The molecule has 2 heterocycles. The molecular formula is C21H22ClN3O2. The molecule has 0 radical (unpaired) electrons. The van der Waals surface area contributed by atoms with Gasteiger partial charge in [0, 0.05) is 22.7 Å². The van der Waals surface area contributed by atoms with Crippen molar-refractivity contribution in [2.75, 3.05) is 26.1 Å². The van der Waals surface area contributed by atoms with E-state index in [1.54, 1.807) is 14.2 Å². The molecule has 0 saturated carbocycles. The molecule has 6 heteroatoms. The first-order valence-corrected chi connectivity index (χ1v) is 9.43. The van der Waals surface area contributed by atoms with E-state index in [9.17, 15) is 0 Å². The van der Waals surface area contributed by atoms with Crippen LogP contribution in [0.4, 0.5) is 5.82 Å². The van der Waals surface area contributed by atoms with Crippen LogP contribution in [-0.4, -0.2) is 30.5 Å². The third-order valence-electron chi connectivity index (χ3n) is 4.86. The van der Waals surface area contributed by atoms with Gasteiger partial charge in [-0.1, -0.05) is 11.6 Å². The Bertz CT molecular complexity index is 951. The predicted octanol–water partition coefficient (Wildman–Crippen LogP) is 4.96. The van der Waals surface area contributed by atoms with Gasteiger partial charge in [0.1, 0.15) is 23.0 Å². The molecule has 1 aromatic heterocycles. The highest BCUT2D eigenvalue weighted by Gasteiger charge is 2.23. The summed E-state index contributed by atoms with van der Waals surface area (Å²) in [5.41, 5.74) is 4.00. The van der Waals surface area contributed by atoms with Gasteiger partial charge in [0.2, 0.25) is 0 Å². The van der Waals surface area contributed by atoms with Crippen molar-refractivity contribution < 1.29 is 9.47 Å². The Labute approximate surface area is 163 Å². The van der Waals surface area contributed by atoms with Gasteiger partial charge in [0.05, 0.1) is 19.9 Å². The smallest absolute Gasteiger partial charge is 0.133 e. The van der Waals surface area contributed by atoms with Crippen molar-refractivity contribution in [3.8, 4) is 28.4 Å². The van der Waals surface area contributed by atoms with Crippen LogP contribution in [0, 0.1) is 0 Å². The molecule has 0 fully saturated rings. The Hall–Kier alpha value is -2.66. The summed E-state index contributed by atoms with van der Waals surface area (Å²) in [4.78, 5) is 0. The molecule has 0 atom stereocenters. The monoisotopic (exact) mass is 383 g/mol. The highest BCUT2D eigenvalue weighted by Crippen LogP contribution is 2.39. The zero-order chi connectivity index (χ0) is 18.8. The fourth-order valence-corrected chi connectivity index (χ4v) is 3.67. The first kappa shape index (κ1) is 17.7. The van der Waals surface area contributed by atoms with Crippen LogP contribution in [0.1, 0.15) is 18.4 Å². The van der Waals surface area contributed by atoms with E-state index in [0.717, 1.165) is 60.1 Å². The Morgan fingerprint density at radius 1 is 1.04 bits per heavy atom. The van der Waals surface area contributed by atoms with E-state index >= 15 is 0 Å². The Kier molecular flexibility index (Phi) is 4.94. The number of hydrogen-bond donors (Lipinski definition) is 1. The van der Waals surface area contributed by atoms with E-state index in [2.05, 4.69) is 5.32 Å². The van der Waals surface area contributed by atoms with Crippen LogP contribution < -0.4 is 14.8 Å². The summed E-state index contributed by atoms with van der Waals surface area (Å²) in [5, 5.41) is 9.18. The summed E-state index contributed by atoms with van der Waals surface area (Å²) in [5.74, 6) is 2.63. The maximum absolute atomic E-state index is 6.28. The van der Waals surface area contributed by atoms with E-state index in [0.29, 0.717) is 5.02 Å². The number of anilines is 1. The van der Waals surface area contributed by atoms with E-state index < -0.39 is 0 Å². The number of aromatic nitrogens is 2. The molecule has 1 aliphatic heterocycles. The number of rotatable bonds is 4. The third kappa shape index (κ3) is 3.35. The van der Waals surface area contributed by atoms with Gasteiger partial charge in [-0.3, -0.25) is 0 Å². The standard InChI is InChI=1S/C21H22ClN3O2/c1-26-16-9-7-15(8-10-16)25-21-17(5-3-4-12-23-21)20(24-25)18-13-14(22)6-11-19(18)27-2/h6-11,13,23H,3-5,12H2,1-2H3. The van der Waals surface area contributed by atoms with Gasteiger partial charge in [-0.15, -0.1) is 0 Å². The summed E-state index contributed by atoms with van der Waals surface area (Å²) in [6.45, 7) is 0.932. The second-order valence-corrected chi connectivity index (χ2v) is 6.95. The maximum Gasteiger partial charge on any atom is 0.133 e. The zero-order valence-electron chi connectivity index (χ0n) is 15.5. The average molecular weight is 384 g/mol. The molecule has 1 aliphatic rings. The number of methoxy groups -OCH3 is 2. The lowest BCUT2D eigenvalue weighted by Gasteiger charge is -2.09. The van der Waals surface area contributed by atoms with Crippen LogP contribution in [0.2, 0.25) is 5.02 Å². The third-order valence-corrected chi connectivity index (χ3v) is 5.10. The van der Waals surface area contributed by atoms with Gasteiger partial charge in [-0.25, -0.2) is 4.68 Å². The number of benzene rings is 2. The number of nitrogens with one attached hydrogen (secondary N) is 1. The number of hydrogen-bond acceptors (Lipinski definition) is 4. The van der Waals surface area contributed by atoms with Gasteiger partial charge in [0.25, 0.3) is 0 Å². The molecule has 0 unspecified atom stereocenters. The average Bonchev–Trinajstić information content (AvgIpc) is 2.88. The zero-order valence-corrected chi connectivity index (χ0v) is 16.2. The summed E-state index contributed by atoms with van der Waals surface area (Å²) < 4.78 is 12.8. The fraction of sp³-hybridized carbons (Fsp3) is 0.286. The molecule has 5 nitrogen and oxygen atoms in total. The molecule has 2 aromatic carbocycles. The number of nitrogens with zero attached hydrogens (tertiary/aromatic N) is 2. The highest BCUT2D eigenvalue weighted by atomic mass is 35.5. The summed E-state index contributed by atoms with van der Waals surface area (Å²) in [6.07, 6.45) is 3.21. The largest absolute Gasteiger partial charge is 0.497 e. The van der Waals surface area contributed by atoms with Crippen LogP contribution in [-0.2, 0) is 6.42 Å². The second-order valence-electron chi connectivity index (χ2n) is 6.51. The second kappa shape index (κ2) is 7.53. The fourth-order valence-electron chi connectivity index (χ4n) is 3.49. The summed E-state index contributed by atoms with van der Waals surface area (Å²) in [7, 11) is 3.34. The van der Waals surface area contributed by atoms with E-state index in [1.807, 2.05) is 47.1 Å². The minimum atomic E-state index is 0.667. The van der Waals surface area contributed by atoms with Crippen LogP contribution in [0.3, 0.4) is 0 Å². The highest BCUT2D eigenvalue weighted by molar-refractivity contribution is 6.31. The lowest BCUT2D eigenvalue weighted by Crippen LogP contribution is -2.07. The minimum absolute atomic E-state index is 0.667. The number of fused-ring (bicyclic) bond motifs is 1. The van der Waals surface area contributed by atoms with Crippen LogP contribution >= 0.6 is 11.6 Å². The molecular weight excluding hydrogens is 362 g/mol. The Morgan fingerprint density at radius 3 is 2.59 bits per heavy atom. The van der Waals surface area contributed by atoms with Crippen molar-refractivity contribution in [3.63, 3.8) is 0 Å². The molecule has 0 bridgehead atoms. The molecule has 0 amide bonds. The molecule has 27 heavy (non-hydrogen) atoms. The summed E-state index contributed by atoms with van der Waals surface area (Å²) in [6, 6.07) is 13.6. The van der Waals surface area contributed by atoms with E-state index in [4.69, 9.17) is 26.2 Å². The molecule has 0 spiro atoms. The van der Waals surface area contributed by atoms with Crippen LogP contribution in [0.25, 0.3) is 16.9 Å². The molecule has 140 valence electrons. The van der Waals surface area contributed by atoms with Crippen molar-refractivity contribution in [2.45, 2.75) is 19.3 Å². The van der Waals surface area contributed by atoms with Crippen molar-refractivity contribution in [1.29, 1.82) is 0 Å². The SMILES string of the molecule is COc1ccc(-n2nc(-c3cc(Cl)ccc3OC)c3c2NCCCC3)cc1. The summed E-state index contributed by atoms with van der Waals surface area (Å²) >= 11 is 6.28. The molecule has 3 aromatic rings. The van der Waals surface area contributed by atoms with Gasteiger partial charge < -0.3 is 14.8 Å². The Morgan fingerprint density at radius 2 is 1.85 bits per heavy atom. The topological polar surface area (TPSA) is 48.3 Å². The molecule has 0 saturated heterocycles. The first-order chi connectivity index (χ1) is 13.2. The predicted molar refractivity (Wildman–Crippen MR) is 109 cm³/mol. The van der Waals surface area contributed by atoms with E-state index in [1.165, 1.54) is 5.56 Å². The van der Waals surface area contributed by atoms with Crippen LogP contribution in [0.5, 0.6) is 11.5 Å².